The molecular formula is C12H26N2OS. The minimum atomic E-state index is -0.0538. The van der Waals surface area contributed by atoms with E-state index in [4.69, 9.17) is 0 Å². The van der Waals surface area contributed by atoms with E-state index in [0.29, 0.717) is 0 Å². The number of hydrogen-bond donors (Lipinski definition) is 2. The van der Waals surface area contributed by atoms with Gasteiger partial charge in [-0.2, -0.15) is 12.6 Å². The second-order valence-corrected chi connectivity index (χ2v) is 4.16. The number of rotatable bonds is 6. The van der Waals surface area contributed by atoms with E-state index in [0.717, 1.165) is 12.3 Å². The molecule has 1 amide bonds. The molecule has 96 valence electrons. The third-order valence-electron chi connectivity index (χ3n) is 1.75. The van der Waals surface area contributed by atoms with E-state index in [1.807, 2.05) is 25.1 Å². The maximum Gasteiger partial charge on any atom is 0.243 e. The molecule has 0 aliphatic carbocycles. The highest BCUT2D eigenvalue weighted by Gasteiger charge is 1.87. The van der Waals surface area contributed by atoms with E-state index in [1.165, 1.54) is 25.3 Å². The molecular weight excluding hydrogens is 220 g/mol. The number of carbonyl (C=O) groups excluding carboxylic acids is 1. The van der Waals surface area contributed by atoms with Crippen LogP contribution in [0.2, 0.25) is 0 Å². The van der Waals surface area contributed by atoms with Crippen molar-refractivity contribution in [3.8, 4) is 0 Å². The summed E-state index contributed by atoms with van der Waals surface area (Å²) in [5.74, 6) is 0.996. The molecule has 0 saturated heterocycles. The lowest BCUT2D eigenvalue weighted by molar-refractivity contribution is -0.116. The first-order valence-electron chi connectivity index (χ1n) is 5.72. The first-order valence-corrected chi connectivity index (χ1v) is 6.35. The van der Waals surface area contributed by atoms with Gasteiger partial charge in [0, 0.05) is 19.7 Å². The first-order chi connectivity index (χ1) is 7.58. The summed E-state index contributed by atoms with van der Waals surface area (Å²) in [5.41, 5.74) is 0. The average molecular weight is 246 g/mol. The molecule has 0 aromatic carbocycles. The second kappa shape index (κ2) is 14.5. The molecule has 0 fully saturated rings. The van der Waals surface area contributed by atoms with Crippen LogP contribution in [0.3, 0.4) is 0 Å². The topological polar surface area (TPSA) is 32.3 Å². The van der Waals surface area contributed by atoms with Crippen molar-refractivity contribution in [3.05, 3.63) is 12.2 Å². The number of unbranched alkanes of at least 4 members (excludes halogenated alkanes) is 2. The van der Waals surface area contributed by atoms with Crippen LogP contribution in [0.1, 0.15) is 26.2 Å². The molecule has 1 N–H and O–H groups in total. The molecule has 0 aliphatic rings. The maximum atomic E-state index is 10.6. The highest BCUT2D eigenvalue weighted by atomic mass is 32.1. The summed E-state index contributed by atoms with van der Waals surface area (Å²) >= 11 is 4.05. The molecule has 0 radical (unpaired) electrons. The summed E-state index contributed by atoms with van der Waals surface area (Å²) in [6.45, 7) is 3.00. The predicted molar refractivity (Wildman–Crippen MR) is 75.1 cm³/mol. The lowest BCUT2D eigenvalue weighted by Gasteiger charge is -2.02. The molecule has 0 bridgehead atoms. The third kappa shape index (κ3) is 19.1. The van der Waals surface area contributed by atoms with Gasteiger partial charge in [0.25, 0.3) is 0 Å². The highest BCUT2D eigenvalue weighted by Crippen LogP contribution is 1.93. The van der Waals surface area contributed by atoms with Gasteiger partial charge < -0.3 is 10.2 Å². The Balaban J connectivity index is 0. The van der Waals surface area contributed by atoms with Crippen molar-refractivity contribution >= 4 is 18.5 Å². The SMILES string of the molecule is CCCCCS.CNC(=O)/C=C/CN(C)C. The first kappa shape index (κ1) is 17.9. The molecule has 0 aromatic rings. The van der Waals surface area contributed by atoms with E-state index in [-0.39, 0.29) is 5.91 Å². The van der Waals surface area contributed by atoms with Gasteiger partial charge in [0.05, 0.1) is 0 Å². The Hall–Kier alpha value is -0.480. The van der Waals surface area contributed by atoms with Crippen molar-refractivity contribution in [1.29, 1.82) is 0 Å². The minimum absolute atomic E-state index is 0.0538. The summed E-state index contributed by atoms with van der Waals surface area (Å²) in [7, 11) is 5.52. The largest absolute Gasteiger partial charge is 0.356 e. The van der Waals surface area contributed by atoms with Crippen LogP contribution < -0.4 is 5.32 Å². The highest BCUT2D eigenvalue weighted by molar-refractivity contribution is 7.80. The fourth-order valence-corrected chi connectivity index (χ4v) is 1.04. The van der Waals surface area contributed by atoms with Gasteiger partial charge in [0.1, 0.15) is 0 Å². The molecule has 3 nitrogen and oxygen atoms in total. The Morgan fingerprint density at radius 3 is 2.31 bits per heavy atom. The number of hydrogen-bond acceptors (Lipinski definition) is 3. The fraction of sp³-hybridized carbons (Fsp3) is 0.750. The Labute approximate surface area is 106 Å². The van der Waals surface area contributed by atoms with Crippen LogP contribution in [-0.2, 0) is 4.79 Å². The van der Waals surface area contributed by atoms with Crippen LogP contribution in [-0.4, -0.2) is 44.2 Å². The van der Waals surface area contributed by atoms with Crippen molar-refractivity contribution in [3.63, 3.8) is 0 Å². The fourth-order valence-electron chi connectivity index (χ4n) is 0.816. The van der Waals surface area contributed by atoms with Gasteiger partial charge in [-0.3, -0.25) is 4.79 Å². The zero-order valence-electron chi connectivity index (χ0n) is 11.0. The van der Waals surface area contributed by atoms with Crippen LogP contribution in [0.4, 0.5) is 0 Å². The zero-order valence-corrected chi connectivity index (χ0v) is 11.9. The number of thiol groups is 1. The summed E-state index contributed by atoms with van der Waals surface area (Å²) in [4.78, 5) is 12.6. The molecule has 0 atom stereocenters. The van der Waals surface area contributed by atoms with Crippen molar-refractivity contribution in [1.82, 2.24) is 10.2 Å². The molecule has 0 aliphatic heterocycles. The van der Waals surface area contributed by atoms with E-state index in [9.17, 15) is 4.79 Å². The zero-order chi connectivity index (χ0) is 12.8. The van der Waals surface area contributed by atoms with Crippen molar-refractivity contribution < 1.29 is 4.79 Å². The van der Waals surface area contributed by atoms with Crippen LogP contribution in [0.25, 0.3) is 0 Å². The number of carbonyl (C=O) groups is 1. The quantitative estimate of drug-likeness (QED) is 0.426. The van der Waals surface area contributed by atoms with Gasteiger partial charge in [-0.05, 0) is 26.3 Å². The summed E-state index contributed by atoms with van der Waals surface area (Å²) in [5, 5.41) is 2.49. The maximum absolute atomic E-state index is 10.6. The van der Waals surface area contributed by atoms with Crippen LogP contribution in [0, 0.1) is 0 Å². The van der Waals surface area contributed by atoms with Gasteiger partial charge in [0.15, 0.2) is 0 Å². The van der Waals surface area contributed by atoms with Gasteiger partial charge in [-0.1, -0.05) is 25.8 Å². The normalized spacial score (nSPS) is 10.1. The van der Waals surface area contributed by atoms with Gasteiger partial charge in [-0.25, -0.2) is 0 Å². The Morgan fingerprint density at radius 1 is 1.38 bits per heavy atom. The van der Waals surface area contributed by atoms with E-state index < -0.39 is 0 Å². The van der Waals surface area contributed by atoms with Crippen molar-refractivity contribution in [2.24, 2.45) is 0 Å². The standard InChI is InChI=1S/C7H14N2O.C5H12S/c1-8-7(10)5-4-6-9(2)3;1-2-3-4-5-6/h4-5H,6H2,1-3H3,(H,8,10);6H,2-5H2,1H3/b5-4+;. The van der Waals surface area contributed by atoms with Crippen LogP contribution >= 0.6 is 12.6 Å². The third-order valence-corrected chi connectivity index (χ3v) is 2.06. The molecule has 4 heteroatoms. The van der Waals surface area contributed by atoms with Crippen molar-refractivity contribution in [2.45, 2.75) is 26.2 Å². The van der Waals surface area contributed by atoms with E-state index in [2.05, 4.69) is 24.9 Å². The second-order valence-electron chi connectivity index (χ2n) is 3.71. The number of amides is 1. The number of nitrogens with zero attached hydrogens (tertiary/aromatic N) is 1. The lowest BCUT2D eigenvalue weighted by atomic mass is 10.3. The number of likely N-dealkylation sites (N-methyl/N-ethyl adjacent to an activating group) is 2. The van der Waals surface area contributed by atoms with E-state index in [1.54, 1.807) is 7.05 Å². The van der Waals surface area contributed by atoms with Gasteiger partial charge in [-0.15, -0.1) is 0 Å². The van der Waals surface area contributed by atoms with Crippen LogP contribution in [0.15, 0.2) is 12.2 Å². The summed E-state index contributed by atoms with van der Waals surface area (Å²) in [6.07, 6.45) is 7.27. The molecule has 16 heavy (non-hydrogen) atoms. The molecule has 0 saturated carbocycles. The molecule has 0 spiro atoms. The molecule has 0 heterocycles. The van der Waals surface area contributed by atoms with E-state index >= 15 is 0 Å². The Morgan fingerprint density at radius 2 is 2.00 bits per heavy atom. The lowest BCUT2D eigenvalue weighted by Crippen LogP contribution is -2.16. The Kier molecular flexibility index (Phi) is 16.2. The minimum Gasteiger partial charge on any atom is -0.356 e. The predicted octanol–water partition coefficient (Wildman–Crippen LogP) is 1.96. The molecule has 0 unspecified atom stereocenters. The monoisotopic (exact) mass is 246 g/mol. The van der Waals surface area contributed by atoms with Crippen LogP contribution in [0.5, 0.6) is 0 Å². The Bertz CT molecular complexity index is 178. The molecule has 0 aromatic heterocycles. The average Bonchev–Trinajstić information content (AvgIpc) is 2.26. The van der Waals surface area contributed by atoms with Gasteiger partial charge >= 0.3 is 0 Å². The number of nitrogens with one attached hydrogen (secondary N) is 1. The smallest absolute Gasteiger partial charge is 0.243 e. The van der Waals surface area contributed by atoms with Gasteiger partial charge in [0.2, 0.25) is 5.91 Å². The van der Waals surface area contributed by atoms with Crippen molar-refractivity contribution in [2.75, 3.05) is 33.4 Å². The summed E-state index contributed by atoms with van der Waals surface area (Å²) < 4.78 is 0. The molecule has 0 rings (SSSR count). The summed E-state index contributed by atoms with van der Waals surface area (Å²) in [6, 6.07) is 0.